The van der Waals surface area contributed by atoms with E-state index in [4.69, 9.17) is 16.2 Å². The van der Waals surface area contributed by atoms with Crippen molar-refractivity contribution in [3.8, 4) is 0 Å². The van der Waals surface area contributed by atoms with Crippen LogP contribution in [0.2, 0.25) is 5.15 Å². The molecule has 2 aromatic rings. The molecule has 79 valence electrons. The van der Waals surface area contributed by atoms with Crippen LogP contribution in [0.15, 0.2) is 35.2 Å². The van der Waals surface area contributed by atoms with Crippen molar-refractivity contribution in [3.63, 3.8) is 0 Å². The van der Waals surface area contributed by atoms with Crippen LogP contribution in [0.25, 0.3) is 10.9 Å². The summed E-state index contributed by atoms with van der Waals surface area (Å²) in [7, 11) is -4.32. The molecule has 0 saturated heterocycles. The maximum Gasteiger partial charge on any atom is 0.297 e. The molecule has 7 heteroatoms. The minimum atomic E-state index is -4.32. The molecule has 16 heavy (non-hydrogen) atoms. The van der Waals surface area contributed by atoms with Crippen LogP contribution in [0.1, 0.15) is 0 Å². The molecule has 0 bridgehead atoms. The summed E-state index contributed by atoms with van der Waals surface area (Å²) in [5.41, 5.74) is 0.579. The van der Waals surface area contributed by atoms with Crippen molar-refractivity contribution < 1.29 is 13.0 Å². The zero-order valence-electron chi connectivity index (χ0n) is 8.38. The van der Waals surface area contributed by atoms with E-state index in [1.807, 2.05) is 0 Å². The fraction of sp³-hybridized carbons (Fsp3) is 0. The predicted octanol–water partition coefficient (Wildman–Crippen LogP) is 1.75. The van der Waals surface area contributed by atoms with Gasteiger partial charge in [-0.05, 0) is 12.1 Å². The van der Waals surface area contributed by atoms with Gasteiger partial charge in [0.05, 0.1) is 5.52 Å². The van der Waals surface area contributed by atoms with E-state index in [-0.39, 0.29) is 61.4 Å². The van der Waals surface area contributed by atoms with Crippen LogP contribution in [0.4, 0.5) is 0 Å². The Kier molecular flexibility index (Phi) is 4.91. The van der Waals surface area contributed by atoms with E-state index in [1.165, 1.54) is 6.07 Å². The van der Waals surface area contributed by atoms with E-state index >= 15 is 0 Å². The number of pyridine rings is 1. The van der Waals surface area contributed by atoms with Crippen LogP contribution in [-0.2, 0) is 10.1 Å². The number of aromatic nitrogens is 1. The van der Waals surface area contributed by atoms with Crippen LogP contribution < -0.4 is 0 Å². The maximum absolute atomic E-state index is 10.9. The minimum absolute atomic E-state index is 0. The molecule has 0 atom stereocenters. The molecule has 1 aromatic heterocycles. The van der Waals surface area contributed by atoms with Crippen LogP contribution >= 0.6 is 11.6 Å². The topological polar surface area (TPSA) is 67.3 Å². The van der Waals surface area contributed by atoms with E-state index < -0.39 is 10.1 Å². The van der Waals surface area contributed by atoms with Gasteiger partial charge in [-0.3, -0.25) is 4.55 Å². The summed E-state index contributed by atoms with van der Waals surface area (Å²) >= 11 is 5.64. The molecule has 0 aliphatic carbocycles. The number of hydrogen-bond acceptors (Lipinski definition) is 3. The number of fused-ring (bicyclic) bond motifs is 1. The second-order valence-electron chi connectivity index (χ2n) is 2.95. The second kappa shape index (κ2) is 5.41. The smallest absolute Gasteiger partial charge is 0.282 e. The van der Waals surface area contributed by atoms with Crippen molar-refractivity contribution in [2.45, 2.75) is 4.90 Å². The molecule has 2 rings (SSSR count). The van der Waals surface area contributed by atoms with Crippen LogP contribution in [0, 0.1) is 0 Å². The largest absolute Gasteiger partial charge is 0.297 e. The van der Waals surface area contributed by atoms with Gasteiger partial charge in [0.2, 0.25) is 0 Å². The van der Waals surface area contributed by atoms with Crippen molar-refractivity contribution in [1.29, 1.82) is 0 Å². The summed E-state index contributed by atoms with van der Waals surface area (Å²) in [6.45, 7) is 0. The molecule has 1 heterocycles. The van der Waals surface area contributed by atoms with E-state index in [1.54, 1.807) is 24.3 Å². The SMILES string of the molecule is O=S(=O)(O)c1cc2ccccc2nc1Cl.[K]. The van der Waals surface area contributed by atoms with Crippen molar-refractivity contribution in [2.75, 3.05) is 0 Å². The Balaban J connectivity index is 0.00000128. The number of benzene rings is 1. The van der Waals surface area contributed by atoms with Gasteiger partial charge in [0.1, 0.15) is 4.90 Å². The fourth-order valence-corrected chi connectivity index (χ4v) is 2.23. The molecule has 1 aromatic carbocycles. The Hall–Kier alpha value is 0.466. The molecule has 0 aliphatic rings. The Morgan fingerprint density at radius 2 is 1.88 bits per heavy atom. The van der Waals surface area contributed by atoms with Crippen molar-refractivity contribution in [1.82, 2.24) is 4.98 Å². The van der Waals surface area contributed by atoms with E-state index in [0.717, 1.165) is 0 Å². The molecule has 0 spiro atoms. The molecule has 0 aliphatic heterocycles. The standard InChI is InChI=1S/C9H6ClNO3S.K/c10-9-8(15(12,13)14)5-6-3-1-2-4-7(6)11-9;/h1-5H,(H,12,13,14);. The van der Waals surface area contributed by atoms with Gasteiger partial charge >= 0.3 is 0 Å². The summed E-state index contributed by atoms with van der Waals surface area (Å²) in [5, 5.41) is 0.380. The summed E-state index contributed by atoms with van der Waals surface area (Å²) in [6, 6.07) is 8.19. The number of para-hydroxylation sites is 1. The Bertz CT molecular complexity index is 630. The van der Waals surface area contributed by atoms with Crippen LogP contribution in [-0.4, -0.2) is 69.3 Å². The molecule has 0 saturated carbocycles. The summed E-state index contributed by atoms with van der Waals surface area (Å²) in [6.07, 6.45) is 0. The zero-order chi connectivity index (χ0) is 11.1. The monoisotopic (exact) mass is 282 g/mol. The number of nitrogens with zero attached hydrogens (tertiary/aromatic N) is 1. The first-order chi connectivity index (χ1) is 6.98. The Labute approximate surface area is 140 Å². The number of halogens is 1. The maximum atomic E-state index is 10.9. The number of hydrogen-bond donors (Lipinski definition) is 1. The van der Waals surface area contributed by atoms with Crippen molar-refractivity contribution >= 4 is 84.0 Å². The average Bonchev–Trinajstić information content (AvgIpc) is 2.15. The van der Waals surface area contributed by atoms with E-state index in [9.17, 15) is 8.42 Å². The Morgan fingerprint density at radius 1 is 1.25 bits per heavy atom. The summed E-state index contributed by atoms with van der Waals surface area (Å²) in [4.78, 5) is 3.50. The van der Waals surface area contributed by atoms with E-state index in [2.05, 4.69) is 4.98 Å². The van der Waals surface area contributed by atoms with Gasteiger partial charge in [0, 0.05) is 56.8 Å². The third kappa shape index (κ3) is 3.02. The normalized spacial score (nSPS) is 11.1. The van der Waals surface area contributed by atoms with Gasteiger partial charge in [0.25, 0.3) is 10.1 Å². The molecular weight excluding hydrogens is 277 g/mol. The van der Waals surface area contributed by atoms with Crippen LogP contribution in [0.5, 0.6) is 0 Å². The fourth-order valence-electron chi connectivity index (χ4n) is 1.25. The molecular formula is C9H6ClKNO3S. The molecule has 0 fully saturated rings. The van der Waals surface area contributed by atoms with E-state index in [0.29, 0.717) is 10.9 Å². The van der Waals surface area contributed by atoms with Gasteiger partial charge in [-0.2, -0.15) is 8.42 Å². The van der Waals surface area contributed by atoms with Gasteiger partial charge in [-0.25, -0.2) is 4.98 Å². The summed E-state index contributed by atoms with van der Waals surface area (Å²) < 4.78 is 30.7. The molecule has 1 radical (unpaired) electrons. The predicted molar refractivity (Wildman–Crippen MR) is 62.3 cm³/mol. The first-order valence-corrected chi connectivity index (χ1v) is 5.83. The van der Waals surface area contributed by atoms with Crippen molar-refractivity contribution in [2.24, 2.45) is 0 Å². The first-order valence-electron chi connectivity index (χ1n) is 4.01. The van der Waals surface area contributed by atoms with Gasteiger partial charge < -0.3 is 0 Å². The van der Waals surface area contributed by atoms with Gasteiger partial charge in [-0.15, -0.1) is 0 Å². The number of rotatable bonds is 1. The summed E-state index contributed by atoms with van der Waals surface area (Å²) in [5.74, 6) is 0. The van der Waals surface area contributed by atoms with Crippen molar-refractivity contribution in [3.05, 3.63) is 35.5 Å². The first kappa shape index (κ1) is 14.5. The molecule has 0 unspecified atom stereocenters. The average molecular weight is 283 g/mol. The second-order valence-corrected chi connectivity index (χ2v) is 4.69. The molecule has 0 amide bonds. The minimum Gasteiger partial charge on any atom is -0.282 e. The third-order valence-electron chi connectivity index (χ3n) is 1.92. The van der Waals surface area contributed by atoms with Gasteiger partial charge in [-0.1, -0.05) is 29.8 Å². The van der Waals surface area contributed by atoms with Gasteiger partial charge in [0.15, 0.2) is 5.15 Å². The van der Waals surface area contributed by atoms with Crippen LogP contribution in [0.3, 0.4) is 0 Å². The third-order valence-corrected chi connectivity index (χ3v) is 3.19. The quantitative estimate of drug-likeness (QED) is 0.492. The molecule has 1 N–H and O–H groups in total. The zero-order valence-corrected chi connectivity index (χ0v) is 13.1. The Morgan fingerprint density at radius 3 is 2.50 bits per heavy atom. The molecule has 4 nitrogen and oxygen atoms in total.